The molecule has 1 atom stereocenters. The lowest BCUT2D eigenvalue weighted by Crippen LogP contribution is -2.38. The van der Waals surface area contributed by atoms with E-state index in [4.69, 9.17) is 0 Å². The fourth-order valence-electron chi connectivity index (χ4n) is 1.71. The van der Waals surface area contributed by atoms with Crippen LogP contribution in [0.5, 0.6) is 0 Å². The zero-order valence-corrected chi connectivity index (χ0v) is 10.7. The van der Waals surface area contributed by atoms with Gasteiger partial charge < -0.3 is 10.6 Å². The van der Waals surface area contributed by atoms with Crippen molar-refractivity contribution in [1.29, 1.82) is 0 Å². The SMILES string of the molecule is CCCC1Nc2ccc(I)cc2NC1=O. The van der Waals surface area contributed by atoms with Gasteiger partial charge in [-0.15, -0.1) is 0 Å². The van der Waals surface area contributed by atoms with Crippen LogP contribution in [-0.4, -0.2) is 11.9 Å². The first kappa shape index (κ1) is 10.7. The highest BCUT2D eigenvalue weighted by atomic mass is 127. The average molecular weight is 316 g/mol. The van der Waals surface area contributed by atoms with Gasteiger partial charge in [0.15, 0.2) is 0 Å². The van der Waals surface area contributed by atoms with Crippen molar-refractivity contribution in [3.05, 3.63) is 21.8 Å². The Morgan fingerprint density at radius 3 is 2.93 bits per heavy atom. The van der Waals surface area contributed by atoms with Crippen LogP contribution < -0.4 is 10.6 Å². The van der Waals surface area contributed by atoms with Crippen LogP contribution in [0.1, 0.15) is 19.8 Å². The number of carbonyl (C=O) groups excluding carboxylic acids is 1. The molecule has 2 N–H and O–H groups in total. The van der Waals surface area contributed by atoms with Crippen LogP contribution in [-0.2, 0) is 4.79 Å². The molecular weight excluding hydrogens is 303 g/mol. The summed E-state index contributed by atoms with van der Waals surface area (Å²) in [6.07, 6.45) is 1.88. The number of hydrogen-bond donors (Lipinski definition) is 2. The third-order valence-corrected chi connectivity index (χ3v) is 3.13. The maximum atomic E-state index is 11.7. The molecule has 3 nitrogen and oxygen atoms in total. The number of benzene rings is 1. The lowest BCUT2D eigenvalue weighted by molar-refractivity contribution is -0.117. The number of halogens is 1. The summed E-state index contributed by atoms with van der Waals surface area (Å²) in [6, 6.07) is 5.94. The summed E-state index contributed by atoms with van der Waals surface area (Å²) in [5, 5.41) is 6.19. The molecule has 0 spiro atoms. The molecule has 1 aliphatic heterocycles. The Labute approximate surface area is 103 Å². The molecule has 0 radical (unpaired) electrons. The van der Waals surface area contributed by atoms with Crippen molar-refractivity contribution in [2.75, 3.05) is 10.6 Å². The predicted octanol–water partition coefficient (Wildman–Crippen LogP) is 2.82. The van der Waals surface area contributed by atoms with Gasteiger partial charge in [-0.25, -0.2) is 0 Å². The van der Waals surface area contributed by atoms with E-state index in [1.54, 1.807) is 0 Å². The molecule has 0 saturated carbocycles. The quantitative estimate of drug-likeness (QED) is 0.824. The van der Waals surface area contributed by atoms with E-state index in [-0.39, 0.29) is 11.9 Å². The molecule has 0 saturated heterocycles. The van der Waals surface area contributed by atoms with Gasteiger partial charge in [-0.2, -0.15) is 0 Å². The van der Waals surface area contributed by atoms with Crippen LogP contribution in [0.15, 0.2) is 18.2 Å². The first-order valence-corrected chi connectivity index (χ1v) is 6.15. The van der Waals surface area contributed by atoms with Crippen LogP contribution >= 0.6 is 22.6 Å². The first-order valence-electron chi connectivity index (χ1n) is 5.07. The zero-order chi connectivity index (χ0) is 10.8. The summed E-state index contributed by atoms with van der Waals surface area (Å²) in [5.74, 6) is 0.0753. The largest absolute Gasteiger partial charge is 0.372 e. The van der Waals surface area contributed by atoms with Crippen molar-refractivity contribution in [2.45, 2.75) is 25.8 Å². The molecule has 2 rings (SSSR count). The molecule has 1 aromatic carbocycles. The fraction of sp³-hybridized carbons (Fsp3) is 0.364. The topological polar surface area (TPSA) is 41.1 Å². The van der Waals surface area contributed by atoms with Gasteiger partial charge in [-0.05, 0) is 47.2 Å². The fourth-order valence-corrected chi connectivity index (χ4v) is 2.20. The molecule has 1 aliphatic rings. The maximum absolute atomic E-state index is 11.7. The van der Waals surface area contributed by atoms with Crippen LogP contribution in [0, 0.1) is 3.57 Å². The summed E-state index contributed by atoms with van der Waals surface area (Å²) in [4.78, 5) is 11.7. The third kappa shape index (κ3) is 2.25. The van der Waals surface area contributed by atoms with Crippen molar-refractivity contribution in [3.63, 3.8) is 0 Å². The van der Waals surface area contributed by atoms with Crippen molar-refractivity contribution < 1.29 is 4.79 Å². The third-order valence-electron chi connectivity index (χ3n) is 2.46. The van der Waals surface area contributed by atoms with Crippen molar-refractivity contribution >= 4 is 39.9 Å². The van der Waals surface area contributed by atoms with E-state index in [0.29, 0.717) is 0 Å². The van der Waals surface area contributed by atoms with E-state index in [1.165, 1.54) is 0 Å². The van der Waals surface area contributed by atoms with Crippen LogP contribution in [0.25, 0.3) is 0 Å². The van der Waals surface area contributed by atoms with Gasteiger partial charge >= 0.3 is 0 Å². The normalized spacial score (nSPS) is 19.1. The molecule has 0 aliphatic carbocycles. The van der Waals surface area contributed by atoms with Crippen LogP contribution in [0.2, 0.25) is 0 Å². The average Bonchev–Trinajstić information content (AvgIpc) is 2.20. The van der Waals surface area contributed by atoms with Gasteiger partial charge in [0.05, 0.1) is 11.4 Å². The second kappa shape index (κ2) is 4.38. The molecule has 0 bridgehead atoms. The standard InChI is InChI=1S/C11H13IN2O/c1-2-3-9-11(15)14-10-6-7(12)4-5-8(10)13-9/h4-6,9,13H,2-3H2,1H3,(H,14,15). The van der Waals surface area contributed by atoms with Crippen LogP contribution in [0.3, 0.4) is 0 Å². The molecule has 1 amide bonds. The van der Waals surface area contributed by atoms with E-state index in [9.17, 15) is 4.79 Å². The summed E-state index contributed by atoms with van der Waals surface area (Å²) in [6.45, 7) is 2.08. The number of fused-ring (bicyclic) bond motifs is 1. The minimum absolute atomic E-state index is 0.0753. The minimum Gasteiger partial charge on any atom is -0.372 e. The summed E-state index contributed by atoms with van der Waals surface area (Å²) in [7, 11) is 0. The number of carbonyl (C=O) groups is 1. The van der Waals surface area contributed by atoms with Gasteiger partial charge in [0.2, 0.25) is 5.91 Å². The highest BCUT2D eigenvalue weighted by Gasteiger charge is 2.24. The Morgan fingerprint density at radius 1 is 1.40 bits per heavy atom. The Bertz CT molecular complexity index is 392. The van der Waals surface area contributed by atoms with Gasteiger partial charge in [0.1, 0.15) is 6.04 Å². The second-order valence-electron chi connectivity index (χ2n) is 3.66. The molecule has 1 unspecified atom stereocenters. The Morgan fingerprint density at radius 2 is 2.20 bits per heavy atom. The van der Waals surface area contributed by atoms with Gasteiger partial charge in [-0.3, -0.25) is 4.79 Å². The van der Waals surface area contributed by atoms with Gasteiger partial charge in [0.25, 0.3) is 0 Å². The van der Waals surface area contributed by atoms with Crippen LogP contribution in [0.4, 0.5) is 11.4 Å². The molecule has 80 valence electrons. The second-order valence-corrected chi connectivity index (χ2v) is 4.91. The van der Waals surface area contributed by atoms with E-state index < -0.39 is 0 Å². The molecule has 1 aromatic rings. The molecule has 0 fully saturated rings. The van der Waals surface area contributed by atoms with E-state index in [2.05, 4.69) is 40.1 Å². The monoisotopic (exact) mass is 316 g/mol. The van der Waals surface area contributed by atoms with Crippen molar-refractivity contribution in [3.8, 4) is 0 Å². The highest BCUT2D eigenvalue weighted by molar-refractivity contribution is 14.1. The summed E-state index contributed by atoms with van der Waals surface area (Å²) >= 11 is 2.24. The molecule has 15 heavy (non-hydrogen) atoms. The number of amides is 1. The molecule has 4 heteroatoms. The Hall–Kier alpha value is -0.780. The number of nitrogens with one attached hydrogen (secondary N) is 2. The molecule has 1 heterocycles. The predicted molar refractivity (Wildman–Crippen MR) is 70.1 cm³/mol. The van der Waals surface area contributed by atoms with E-state index in [0.717, 1.165) is 27.8 Å². The van der Waals surface area contributed by atoms with Gasteiger partial charge in [-0.1, -0.05) is 13.3 Å². The lowest BCUT2D eigenvalue weighted by Gasteiger charge is -2.26. The number of hydrogen-bond acceptors (Lipinski definition) is 2. The van der Waals surface area contributed by atoms with Crippen molar-refractivity contribution in [1.82, 2.24) is 0 Å². The molecule has 0 aromatic heterocycles. The Balaban J connectivity index is 2.26. The van der Waals surface area contributed by atoms with Gasteiger partial charge in [0, 0.05) is 3.57 Å². The van der Waals surface area contributed by atoms with E-state index in [1.807, 2.05) is 18.2 Å². The number of rotatable bonds is 2. The lowest BCUT2D eigenvalue weighted by atomic mass is 10.1. The minimum atomic E-state index is -0.0810. The van der Waals surface area contributed by atoms with E-state index >= 15 is 0 Å². The Kier molecular flexibility index (Phi) is 3.14. The molecular formula is C11H13IN2O. The summed E-state index contributed by atoms with van der Waals surface area (Å²) < 4.78 is 1.13. The zero-order valence-electron chi connectivity index (χ0n) is 8.51. The maximum Gasteiger partial charge on any atom is 0.246 e. The smallest absolute Gasteiger partial charge is 0.246 e. The number of anilines is 2. The summed E-state index contributed by atoms with van der Waals surface area (Å²) in [5.41, 5.74) is 1.91. The van der Waals surface area contributed by atoms with Crippen molar-refractivity contribution in [2.24, 2.45) is 0 Å². The highest BCUT2D eigenvalue weighted by Crippen LogP contribution is 2.29. The first-order chi connectivity index (χ1) is 7.20.